The molecule has 104 valence electrons. The first-order chi connectivity index (χ1) is 9.65. The smallest absolute Gasteiger partial charge is 0.339 e. The van der Waals surface area contributed by atoms with Crippen molar-refractivity contribution in [3.05, 3.63) is 42.1 Å². The van der Waals surface area contributed by atoms with Gasteiger partial charge in [0, 0.05) is 12.3 Å². The number of aromatic nitrogens is 1. The fourth-order valence-electron chi connectivity index (χ4n) is 1.63. The van der Waals surface area contributed by atoms with E-state index in [1.807, 2.05) is 0 Å². The van der Waals surface area contributed by atoms with E-state index in [0.717, 1.165) is 0 Å². The first-order valence-electron chi connectivity index (χ1n) is 5.74. The van der Waals surface area contributed by atoms with Crippen molar-refractivity contribution in [3.63, 3.8) is 0 Å². The van der Waals surface area contributed by atoms with Crippen LogP contribution < -0.4 is 14.2 Å². The fraction of sp³-hybridized carbons (Fsp3) is 0.143. The van der Waals surface area contributed by atoms with Gasteiger partial charge in [0.2, 0.25) is 5.88 Å². The summed E-state index contributed by atoms with van der Waals surface area (Å²) in [7, 11) is 2.93. The molecule has 0 unspecified atom stereocenters. The number of hydrogen-bond acceptors (Lipinski definition) is 5. The highest BCUT2D eigenvalue weighted by Gasteiger charge is 2.17. The van der Waals surface area contributed by atoms with Crippen molar-refractivity contribution in [1.29, 1.82) is 0 Å². The van der Waals surface area contributed by atoms with Crippen molar-refractivity contribution in [2.24, 2.45) is 0 Å². The van der Waals surface area contributed by atoms with E-state index in [1.54, 1.807) is 24.3 Å². The summed E-state index contributed by atoms with van der Waals surface area (Å²) < 4.78 is 15.7. The Balaban J connectivity index is 2.43. The van der Waals surface area contributed by atoms with Crippen LogP contribution in [0.4, 0.5) is 0 Å². The number of para-hydroxylation sites is 1. The molecule has 1 aromatic heterocycles. The SMILES string of the molecule is COc1cc(Oc2c(OC)cccc2C(=O)O)ccn1. The van der Waals surface area contributed by atoms with Crippen LogP contribution in [0.25, 0.3) is 0 Å². The van der Waals surface area contributed by atoms with Gasteiger partial charge in [-0.1, -0.05) is 6.07 Å². The number of aromatic carboxylic acids is 1. The summed E-state index contributed by atoms with van der Waals surface area (Å²) in [6.07, 6.45) is 1.50. The molecule has 20 heavy (non-hydrogen) atoms. The summed E-state index contributed by atoms with van der Waals surface area (Å²) in [6, 6.07) is 7.81. The third-order valence-electron chi connectivity index (χ3n) is 2.56. The van der Waals surface area contributed by atoms with Gasteiger partial charge in [0.25, 0.3) is 0 Å². The number of methoxy groups -OCH3 is 2. The van der Waals surface area contributed by atoms with E-state index in [2.05, 4.69) is 4.98 Å². The Bertz CT molecular complexity index is 627. The molecular weight excluding hydrogens is 262 g/mol. The van der Waals surface area contributed by atoms with Crippen LogP contribution in [0.2, 0.25) is 0 Å². The number of benzene rings is 1. The minimum absolute atomic E-state index is 0.0140. The fourth-order valence-corrected chi connectivity index (χ4v) is 1.63. The van der Waals surface area contributed by atoms with Crippen molar-refractivity contribution < 1.29 is 24.1 Å². The Morgan fingerprint density at radius 3 is 2.65 bits per heavy atom. The standard InChI is InChI=1S/C14H13NO5/c1-18-11-5-3-4-10(14(16)17)13(11)20-9-6-7-15-12(8-9)19-2/h3-8H,1-2H3,(H,16,17). The molecule has 0 saturated heterocycles. The maximum Gasteiger partial charge on any atom is 0.339 e. The lowest BCUT2D eigenvalue weighted by Crippen LogP contribution is -2.02. The Morgan fingerprint density at radius 2 is 2.00 bits per heavy atom. The second-order valence-corrected chi connectivity index (χ2v) is 3.78. The summed E-state index contributed by atoms with van der Waals surface area (Å²) in [5, 5.41) is 9.19. The Hall–Kier alpha value is -2.76. The lowest BCUT2D eigenvalue weighted by atomic mass is 10.2. The van der Waals surface area contributed by atoms with Gasteiger partial charge in [-0.05, 0) is 18.2 Å². The first-order valence-corrected chi connectivity index (χ1v) is 5.74. The van der Waals surface area contributed by atoms with Gasteiger partial charge in [-0.3, -0.25) is 0 Å². The Morgan fingerprint density at radius 1 is 1.20 bits per heavy atom. The zero-order chi connectivity index (χ0) is 14.5. The largest absolute Gasteiger partial charge is 0.493 e. The highest BCUT2D eigenvalue weighted by molar-refractivity contribution is 5.92. The molecule has 0 saturated carbocycles. The second-order valence-electron chi connectivity index (χ2n) is 3.78. The molecule has 1 N–H and O–H groups in total. The van der Waals surface area contributed by atoms with Gasteiger partial charge in [0.15, 0.2) is 11.5 Å². The molecule has 6 heteroatoms. The number of ether oxygens (including phenoxy) is 3. The van der Waals surface area contributed by atoms with Crippen LogP contribution >= 0.6 is 0 Å². The van der Waals surface area contributed by atoms with Crippen molar-refractivity contribution >= 4 is 5.97 Å². The Labute approximate surface area is 115 Å². The van der Waals surface area contributed by atoms with Gasteiger partial charge in [0.05, 0.1) is 14.2 Å². The summed E-state index contributed by atoms with van der Waals surface area (Å²) in [6.45, 7) is 0. The average molecular weight is 275 g/mol. The molecule has 1 aromatic carbocycles. The van der Waals surface area contributed by atoms with Crippen molar-refractivity contribution in [3.8, 4) is 23.1 Å². The van der Waals surface area contributed by atoms with Crippen LogP contribution in [-0.4, -0.2) is 30.3 Å². The molecule has 2 aromatic rings. The van der Waals surface area contributed by atoms with E-state index in [0.29, 0.717) is 17.4 Å². The minimum Gasteiger partial charge on any atom is -0.493 e. The minimum atomic E-state index is -1.10. The monoisotopic (exact) mass is 275 g/mol. The number of carboxylic acid groups (broad SMARTS) is 1. The predicted octanol–water partition coefficient (Wildman–Crippen LogP) is 2.59. The predicted molar refractivity (Wildman–Crippen MR) is 70.8 cm³/mol. The number of nitrogens with zero attached hydrogens (tertiary/aromatic N) is 1. The van der Waals surface area contributed by atoms with Crippen LogP contribution in [0, 0.1) is 0 Å². The number of pyridine rings is 1. The molecule has 2 rings (SSSR count). The van der Waals surface area contributed by atoms with E-state index >= 15 is 0 Å². The van der Waals surface area contributed by atoms with Crippen LogP contribution in [0.5, 0.6) is 23.1 Å². The van der Waals surface area contributed by atoms with E-state index in [-0.39, 0.29) is 11.3 Å². The van der Waals surface area contributed by atoms with Gasteiger partial charge in [0.1, 0.15) is 11.3 Å². The van der Waals surface area contributed by atoms with Crippen LogP contribution in [0.1, 0.15) is 10.4 Å². The lowest BCUT2D eigenvalue weighted by Gasteiger charge is -2.13. The highest BCUT2D eigenvalue weighted by Crippen LogP contribution is 2.35. The van der Waals surface area contributed by atoms with Gasteiger partial charge in [-0.15, -0.1) is 0 Å². The zero-order valence-electron chi connectivity index (χ0n) is 11.0. The molecule has 0 aliphatic heterocycles. The number of carboxylic acids is 1. The maximum atomic E-state index is 11.2. The summed E-state index contributed by atoms with van der Waals surface area (Å²) in [5.41, 5.74) is 0.0140. The molecule has 6 nitrogen and oxygen atoms in total. The third kappa shape index (κ3) is 2.80. The Kier molecular flexibility index (Phi) is 4.05. The van der Waals surface area contributed by atoms with Crippen molar-refractivity contribution in [2.75, 3.05) is 14.2 Å². The summed E-state index contributed by atoms with van der Waals surface area (Å²) >= 11 is 0. The number of hydrogen-bond donors (Lipinski definition) is 1. The second kappa shape index (κ2) is 5.92. The first kappa shape index (κ1) is 13.7. The third-order valence-corrected chi connectivity index (χ3v) is 2.56. The molecule has 0 spiro atoms. The van der Waals surface area contributed by atoms with Crippen LogP contribution in [0.3, 0.4) is 0 Å². The van der Waals surface area contributed by atoms with Crippen molar-refractivity contribution in [2.45, 2.75) is 0 Å². The maximum absolute atomic E-state index is 11.2. The molecule has 0 radical (unpaired) electrons. The van der Waals surface area contributed by atoms with E-state index < -0.39 is 5.97 Å². The highest BCUT2D eigenvalue weighted by atomic mass is 16.5. The summed E-state index contributed by atoms with van der Waals surface area (Å²) in [5.74, 6) is 0.148. The van der Waals surface area contributed by atoms with E-state index in [1.165, 1.54) is 26.5 Å². The normalized spacial score (nSPS) is 9.90. The van der Waals surface area contributed by atoms with Gasteiger partial charge < -0.3 is 19.3 Å². The van der Waals surface area contributed by atoms with Crippen molar-refractivity contribution in [1.82, 2.24) is 4.98 Å². The van der Waals surface area contributed by atoms with Gasteiger partial charge in [-0.25, -0.2) is 9.78 Å². The summed E-state index contributed by atoms with van der Waals surface area (Å²) in [4.78, 5) is 15.2. The molecular formula is C14H13NO5. The van der Waals surface area contributed by atoms with Gasteiger partial charge in [-0.2, -0.15) is 0 Å². The number of rotatable bonds is 5. The zero-order valence-corrected chi connectivity index (χ0v) is 11.0. The van der Waals surface area contributed by atoms with Crippen LogP contribution in [0.15, 0.2) is 36.5 Å². The molecule has 0 atom stereocenters. The van der Waals surface area contributed by atoms with E-state index in [9.17, 15) is 9.90 Å². The molecule has 0 aliphatic carbocycles. The van der Waals surface area contributed by atoms with Crippen LogP contribution in [-0.2, 0) is 0 Å². The molecule has 0 aliphatic rings. The molecule has 0 amide bonds. The lowest BCUT2D eigenvalue weighted by molar-refractivity contribution is 0.0693. The van der Waals surface area contributed by atoms with E-state index in [4.69, 9.17) is 14.2 Å². The molecule has 0 fully saturated rings. The molecule has 1 heterocycles. The topological polar surface area (TPSA) is 77.9 Å². The van der Waals surface area contributed by atoms with Gasteiger partial charge >= 0.3 is 5.97 Å². The molecule has 0 bridgehead atoms. The quantitative estimate of drug-likeness (QED) is 0.903. The number of carbonyl (C=O) groups is 1. The average Bonchev–Trinajstić information content (AvgIpc) is 2.47.